The highest BCUT2D eigenvalue weighted by Gasteiger charge is 2.16. The van der Waals surface area contributed by atoms with E-state index in [2.05, 4.69) is 28.2 Å². The molecule has 4 heteroatoms. The zero-order chi connectivity index (χ0) is 13.8. The average Bonchev–Trinajstić information content (AvgIpc) is 2.26. The summed E-state index contributed by atoms with van der Waals surface area (Å²) in [5.41, 5.74) is 2.75. The summed E-state index contributed by atoms with van der Waals surface area (Å²) in [7, 11) is 0. The zero-order valence-corrected chi connectivity index (χ0v) is 12.9. The van der Waals surface area contributed by atoms with Gasteiger partial charge in [-0.15, -0.1) is 0 Å². The van der Waals surface area contributed by atoms with Gasteiger partial charge >= 0.3 is 6.09 Å². The Hall–Kier alpha value is -1.03. The largest absolute Gasteiger partial charge is 0.444 e. The molecular weight excluding hydrogens is 294 g/mol. The molecule has 0 unspecified atom stereocenters. The second-order valence-electron chi connectivity index (χ2n) is 5.10. The zero-order valence-electron chi connectivity index (χ0n) is 11.3. The molecule has 0 aliphatic carbocycles. The van der Waals surface area contributed by atoms with Crippen LogP contribution >= 0.6 is 15.9 Å². The third-order valence-electron chi connectivity index (χ3n) is 2.38. The second-order valence-corrected chi connectivity index (χ2v) is 5.66. The fraction of sp³-hybridized carbons (Fsp3) is 0.500. The van der Waals surface area contributed by atoms with Gasteiger partial charge in [0.15, 0.2) is 0 Å². The SMILES string of the molecule is CCc1ccc(NC(=O)OC(C)(C)C)cc1CBr. The lowest BCUT2D eigenvalue weighted by atomic mass is 10.1. The van der Waals surface area contributed by atoms with Crippen LogP contribution in [0.1, 0.15) is 38.8 Å². The van der Waals surface area contributed by atoms with Crippen LogP contribution in [0.5, 0.6) is 0 Å². The van der Waals surface area contributed by atoms with Crippen molar-refractivity contribution in [3.8, 4) is 0 Å². The van der Waals surface area contributed by atoms with Crippen molar-refractivity contribution in [3.63, 3.8) is 0 Å². The van der Waals surface area contributed by atoms with Gasteiger partial charge in [0.25, 0.3) is 0 Å². The first-order valence-electron chi connectivity index (χ1n) is 6.03. The van der Waals surface area contributed by atoms with Crippen molar-refractivity contribution in [2.45, 2.75) is 45.0 Å². The molecule has 1 aromatic carbocycles. The Kier molecular flexibility index (Phi) is 5.20. The van der Waals surface area contributed by atoms with E-state index in [1.54, 1.807) is 0 Å². The summed E-state index contributed by atoms with van der Waals surface area (Å²) in [6.45, 7) is 7.65. The predicted octanol–water partition coefficient (Wildman–Crippen LogP) is 4.49. The van der Waals surface area contributed by atoms with Crippen LogP contribution in [0.15, 0.2) is 18.2 Å². The molecule has 0 spiro atoms. The number of hydrogen-bond donors (Lipinski definition) is 1. The van der Waals surface area contributed by atoms with E-state index in [4.69, 9.17) is 4.74 Å². The summed E-state index contributed by atoms with van der Waals surface area (Å²) in [5.74, 6) is 0. The Balaban J connectivity index is 2.76. The lowest BCUT2D eigenvalue weighted by Gasteiger charge is -2.20. The molecule has 0 saturated heterocycles. The number of carbonyl (C=O) groups is 1. The van der Waals surface area contributed by atoms with Crippen molar-refractivity contribution < 1.29 is 9.53 Å². The molecule has 18 heavy (non-hydrogen) atoms. The highest BCUT2D eigenvalue weighted by Crippen LogP contribution is 2.20. The number of alkyl halides is 1. The van der Waals surface area contributed by atoms with Gasteiger partial charge in [-0.25, -0.2) is 4.79 Å². The standard InChI is InChI=1S/C14H20BrNO2/c1-5-10-6-7-12(8-11(10)9-15)16-13(17)18-14(2,3)4/h6-8H,5,9H2,1-4H3,(H,16,17). The highest BCUT2D eigenvalue weighted by molar-refractivity contribution is 9.08. The third-order valence-corrected chi connectivity index (χ3v) is 2.98. The molecule has 0 heterocycles. The molecule has 1 aromatic rings. The smallest absolute Gasteiger partial charge is 0.412 e. The molecule has 0 saturated carbocycles. The normalized spacial score (nSPS) is 11.2. The van der Waals surface area contributed by atoms with Crippen LogP contribution < -0.4 is 5.32 Å². The van der Waals surface area contributed by atoms with E-state index >= 15 is 0 Å². The van der Waals surface area contributed by atoms with Crippen LogP contribution in [0.25, 0.3) is 0 Å². The Morgan fingerprint density at radius 3 is 2.50 bits per heavy atom. The number of benzene rings is 1. The van der Waals surface area contributed by atoms with E-state index in [1.165, 1.54) is 11.1 Å². The molecule has 0 aliphatic rings. The fourth-order valence-corrected chi connectivity index (χ4v) is 2.12. The first-order chi connectivity index (χ1) is 8.35. The van der Waals surface area contributed by atoms with E-state index in [1.807, 2.05) is 39.0 Å². The van der Waals surface area contributed by atoms with E-state index in [-0.39, 0.29) is 0 Å². The molecule has 3 nitrogen and oxygen atoms in total. The fourth-order valence-electron chi connectivity index (χ4n) is 1.59. The number of halogens is 1. The predicted molar refractivity (Wildman–Crippen MR) is 78.3 cm³/mol. The third kappa shape index (κ3) is 4.69. The quantitative estimate of drug-likeness (QED) is 0.835. The van der Waals surface area contributed by atoms with Crippen LogP contribution in [0.3, 0.4) is 0 Å². The first kappa shape index (κ1) is 15.0. The van der Waals surface area contributed by atoms with Crippen molar-refractivity contribution >= 4 is 27.7 Å². The summed E-state index contributed by atoms with van der Waals surface area (Å²) in [6.07, 6.45) is 0.556. The van der Waals surface area contributed by atoms with Crippen molar-refractivity contribution in [1.82, 2.24) is 0 Å². The summed E-state index contributed by atoms with van der Waals surface area (Å²) in [6, 6.07) is 5.90. The number of anilines is 1. The molecule has 0 aromatic heterocycles. The monoisotopic (exact) mass is 313 g/mol. The molecule has 100 valence electrons. The molecule has 0 bridgehead atoms. The molecular formula is C14H20BrNO2. The molecule has 1 N–H and O–H groups in total. The molecule has 1 rings (SSSR count). The summed E-state index contributed by atoms with van der Waals surface area (Å²) >= 11 is 3.45. The number of carbonyl (C=O) groups excluding carboxylic acids is 1. The molecule has 0 fully saturated rings. The lowest BCUT2D eigenvalue weighted by molar-refractivity contribution is 0.0636. The number of aryl methyl sites for hydroxylation is 1. The van der Waals surface area contributed by atoms with Crippen LogP contribution in [0.2, 0.25) is 0 Å². The maximum Gasteiger partial charge on any atom is 0.412 e. The number of rotatable bonds is 3. The first-order valence-corrected chi connectivity index (χ1v) is 7.15. The topological polar surface area (TPSA) is 38.3 Å². The summed E-state index contributed by atoms with van der Waals surface area (Å²) in [4.78, 5) is 11.6. The van der Waals surface area contributed by atoms with Gasteiger partial charge in [-0.2, -0.15) is 0 Å². The molecule has 1 amide bonds. The maximum absolute atomic E-state index is 11.6. The lowest BCUT2D eigenvalue weighted by Crippen LogP contribution is -2.27. The van der Waals surface area contributed by atoms with Gasteiger partial charge in [0.2, 0.25) is 0 Å². The minimum absolute atomic E-state index is 0.424. The van der Waals surface area contributed by atoms with Crippen LogP contribution in [0.4, 0.5) is 10.5 Å². The number of ether oxygens (including phenoxy) is 1. The highest BCUT2D eigenvalue weighted by atomic mass is 79.9. The van der Waals surface area contributed by atoms with Crippen LogP contribution in [0, 0.1) is 0 Å². The van der Waals surface area contributed by atoms with E-state index in [0.717, 1.165) is 17.4 Å². The number of hydrogen-bond acceptors (Lipinski definition) is 2. The summed E-state index contributed by atoms with van der Waals surface area (Å²) < 4.78 is 5.21. The maximum atomic E-state index is 11.6. The molecule has 0 radical (unpaired) electrons. The molecule has 0 atom stereocenters. The van der Waals surface area contributed by atoms with Crippen molar-refractivity contribution in [2.75, 3.05) is 5.32 Å². The van der Waals surface area contributed by atoms with Gasteiger partial charge in [0.05, 0.1) is 0 Å². The Bertz CT molecular complexity index is 424. The second kappa shape index (κ2) is 6.23. The van der Waals surface area contributed by atoms with E-state index in [9.17, 15) is 4.79 Å². The van der Waals surface area contributed by atoms with Crippen LogP contribution in [-0.4, -0.2) is 11.7 Å². The van der Waals surface area contributed by atoms with Gasteiger partial charge in [-0.1, -0.05) is 28.9 Å². The Morgan fingerprint density at radius 2 is 2.00 bits per heavy atom. The van der Waals surface area contributed by atoms with E-state index < -0.39 is 11.7 Å². The minimum atomic E-state index is -0.480. The number of nitrogens with one attached hydrogen (secondary N) is 1. The van der Waals surface area contributed by atoms with Gasteiger partial charge in [-0.05, 0) is 50.5 Å². The summed E-state index contributed by atoms with van der Waals surface area (Å²) in [5, 5.41) is 3.52. The Morgan fingerprint density at radius 1 is 1.33 bits per heavy atom. The number of amides is 1. The van der Waals surface area contributed by atoms with Crippen molar-refractivity contribution in [2.24, 2.45) is 0 Å². The van der Waals surface area contributed by atoms with E-state index in [0.29, 0.717) is 0 Å². The van der Waals surface area contributed by atoms with Gasteiger partial charge in [-0.3, -0.25) is 5.32 Å². The van der Waals surface area contributed by atoms with Gasteiger partial charge in [0, 0.05) is 11.0 Å². The average molecular weight is 314 g/mol. The Labute approximate surface area is 117 Å². The van der Waals surface area contributed by atoms with Crippen LogP contribution in [-0.2, 0) is 16.5 Å². The van der Waals surface area contributed by atoms with Crippen molar-refractivity contribution in [1.29, 1.82) is 0 Å². The minimum Gasteiger partial charge on any atom is -0.444 e. The van der Waals surface area contributed by atoms with Crippen molar-refractivity contribution in [3.05, 3.63) is 29.3 Å². The molecule has 0 aliphatic heterocycles. The van der Waals surface area contributed by atoms with Gasteiger partial charge in [0.1, 0.15) is 5.60 Å². The van der Waals surface area contributed by atoms with Gasteiger partial charge < -0.3 is 4.74 Å².